The molecule has 2 aromatic carbocycles. The van der Waals surface area contributed by atoms with Crippen LogP contribution in [0.4, 0.5) is 5.69 Å². The highest BCUT2D eigenvalue weighted by molar-refractivity contribution is 6.04. The van der Waals surface area contributed by atoms with Crippen LogP contribution in [0.15, 0.2) is 79.0 Å². The fraction of sp³-hybridized carbons (Fsp3) is 0. The van der Waals surface area contributed by atoms with Crippen LogP contribution in [0.3, 0.4) is 0 Å². The summed E-state index contributed by atoms with van der Waals surface area (Å²) in [5.41, 5.74) is 2.42. The lowest BCUT2D eigenvalue weighted by atomic mass is 10.1. The van der Waals surface area contributed by atoms with Gasteiger partial charge in [-0.1, -0.05) is 36.4 Å². The third kappa shape index (κ3) is 3.18. The van der Waals surface area contributed by atoms with Crippen LogP contribution in [0, 0.1) is 0 Å². The molecule has 2 aromatic heterocycles. The molecule has 0 aliphatic heterocycles. The maximum Gasteiger partial charge on any atom is 0.274 e. The first-order chi connectivity index (χ1) is 12.8. The van der Waals surface area contributed by atoms with Crippen molar-refractivity contribution in [2.45, 2.75) is 0 Å². The topological polar surface area (TPSA) is 85.6 Å². The van der Waals surface area contributed by atoms with Gasteiger partial charge in [-0.15, -0.1) is 15.0 Å². The quantitative estimate of drug-likeness (QED) is 0.616. The van der Waals surface area contributed by atoms with Gasteiger partial charge < -0.3 is 5.32 Å². The molecular formula is C19H14N6O. The number of para-hydroxylation sites is 2. The number of nitrogens with one attached hydrogen (secondary N) is 1. The fourth-order valence-corrected chi connectivity index (χ4v) is 2.46. The van der Waals surface area contributed by atoms with Gasteiger partial charge in [0, 0.05) is 11.8 Å². The minimum absolute atomic E-state index is 0.298. The van der Waals surface area contributed by atoms with Crippen LogP contribution in [0.5, 0.6) is 0 Å². The first-order valence-corrected chi connectivity index (χ1v) is 7.98. The number of aromatic nitrogens is 5. The average molecular weight is 342 g/mol. The van der Waals surface area contributed by atoms with E-state index < -0.39 is 0 Å². The number of pyridine rings is 1. The maximum atomic E-state index is 12.4. The summed E-state index contributed by atoms with van der Waals surface area (Å²) in [5, 5.41) is 15.5. The van der Waals surface area contributed by atoms with E-state index in [0.717, 1.165) is 5.69 Å². The molecule has 0 aliphatic rings. The molecule has 0 unspecified atom stereocenters. The van der Waals surface area contributed by atoms with Crippen molar-refractivity contribution >= 4 is 11.6 Å². The van der Waals surface area contributed by atoms with E-state index in [1.165, 1.54) is 4.80 Å². The van der Waals surface area contributed by atoms with Crippen LogP contribution in [-0.4, -0.2) is 31.1 Å². The molecule has 0 saturated carbocycles. The number of hydrogen-bond acceptors (Lipinski definition) is 5. The molecule has 0 aliphatic carbocycles. The molecule has 0 saturated heterocycles. The van der Waals surface area contributed by atoms with Crippen LogP contribution in [0.1, 0.15) is 10.5 Å². The van der Waals surface area contributed by atoms with E-state index in [1.807, 2.05) is 48.5 Å². The van der Waals surface area contributed by atoms with Crippen LogP contribution in [0.25, 0.3) is 17.1 Å². The van der Waals surface area contributed by atoms with Gasteiger partial charge in [-0.2, -0.15) is 0 Å². The molecule has 0 radical (unpaired) electrons. The number of rotatable bonds is 4. The highest BCUT2D eigenvalue weighted by atomic mass is 16.1. The van der Waals surface area contributed by atoms with Crippen molar-refractivity contribution in [3.63, 3.8) is 0 Å². The second-order valence-corrected chi connectivity index (χ2v) is 5.45. The highest BCUT2D eigenvalue weighted by Crippen LogP contribution is 2.25. The molecule has 0 bridgehead atoms. The molecule has 1 amide bonds. The summed E-state index contributed by atoms with van der Waals surface area (Å²) in [6, 6.07) is 22.0. The Bertz CT molecular complexity index is 1030. The number of amides is 1. The van der Waals surface area contributed by atoms with Crippen LogP contribution >= 0.6 is 0 Å². The first kappa shape index (κ1) is 15.6. The minimum atomic E-state index is -0.298. The molecule has 0 atom stereocenters. The van der Waals surface area contributed by atoms with E-state index in [9.17, 15) is 4.79 Å². The van der Waals surface area contributed by atoms with Crippen molar-refractivity contribution < 1.29 is 4.79 Å². The van der Waals surface area contributed by atoms with Gasteiger partial charge in [-0.05, 0) is 41.6 Å². The van der Waals surface area contributed by atoms with Crippen molar-refractivity contribution in [2.24, 2.45) is 0 Å². The third-order valence-corrected chi connectivity index (χ3v) is 3.71. The van der Waals surface area contributed by atoms with Crippen LogP contribution in [-0.2, 0) is 0 Å². The van der Waals surface area contributed by atoms with E-state index in [4.69, 9.17) is 0 Å². The third-order valence-electron chi connectivity index (χ3n) is 3.71. The predicted octanol–water partition coefficient (Wildman–Crippen LogP) is 2.98. The summed E-state index contributed by atoms with van der Waals surface area (Å²) < 4.78 is 0. The molecule has 4 aromatic rings. The van der Waals surface area contributed by atoms with Gasteiger partial charge in [0.15, 0.2) is 0 Å². The number of nitrogens with zero attached hydrogens (tertiary/aromatic N) is 5. The molecule has 4 rings (SSSR count). The number of carbonyl (C=O) groups excluding carboxylic acids is 1. The maximum absolute atomic E-state index is 12.4. The van der Waals surface area contributed by atoms with Gasteiger partial charge in [0.2, 0.25) is 5.82 Å². The Labute approximate surface area is 149 Å². The molecule has 2 heterocycles. The molecular weight excluding hydrogens is 328 g/mol. The number of hydrogen-bond donors (Lipinski definition) is 1. The smallest absolute Gasteiger partial charge is 0.274 e. The van der Waals surface area contributed by atoms with E-state index >= 15 is 0 Å². The van der Waals surface area contributed by atoms with Crippen LogP contribution in [0.2, 0.25) is 0 Å². The van der Waals surface area contributed by atoms with Crippen molar-refractivity contribution in [1.29, 1.82) is 0 Å². The van der Waals surface area contributed by atoms with E-state index in [1.54, 1.807) is 30.5 Å². The number of tetrazole rings is 1. The molecule has 126 valence electrons. The molecule has 0 fully saturated rings. The average Bonchev–Trinajstić information content (AvgIpc) is 3.20. The van der Waals surface area contributed by atoms with Gasteiger partial charge in [-0.3, -0.25) is 9.78 Å². The number of anilines is 1. The normalized spacial score (nSPS) is 10.5. The lowest BCUT2D eigenvalue weighted by molar-refractivity contribution is 0.102. The SMILES string of the molecule is O=C(Nc1ccccc1-c1nnn(-c2ccccc2)n1)c1ccccn1. The largest absolute Gasteiger partial charge is 0.320 e. The van der Waals surface area contributed by atoms with Gasteiger partial charge in [0.1, 0.15) is 5.69 Å². The lowest BCUT2D eigenvalue weighted by Crippen LogP contribution is -2.14. The van der Waals surface area contributed by atoms with Crippen molar-refractivity contribution in [2.75, 3.05) is 5.32 Å². The Kier molecular flexibility index (Phi) is 4.17. The monoisotopic (exact) mass is 342 g/mol. The Balaban J connectivity index is 1.64. The van der Waals surface area contributed by atoms with Crippen molar-refractivity contribution in [3.05, 3.63) is 84.7 Å². The Morgan fingerprint density at radius 1 is 0.885 bits per heavy atom. The highest BCUT2D eigenvalue weighted by Gasteiger charge is 2.14. The number of benzene rings is 2. The van der Waals surface area contributed by atoms with Gasteiger partial charge in [0.25, 0.3) is 5.91 Å². The summed E-state index contributed by atoms with van der Waals surface area (Å²) in [6.45, 7) is 0. The van der Waals surface area contributed by atoms with Gasteiger partial charge >= 0.3 is 0 Å². The Morgan fingerprint density at radius 2 is 1.65 bits per heavy atom. The molecule has 7 nitrogen and oxygen atoms in total. The summed E-state index contributed by atoms with van der Waals surface area (Å²) in [7, 11) is 0. The van der Waals surface area contributed by atoms with Gasteiger partial charge in [-0.25, -0.2) is 0 Å². The van der Waals surface area contributed by atoms with E-state index in [-0.39, 0.29) is 5.91 Å². The summed E-state index contributed by atoms with van der Waals surface area (Å²) in [6.07, 6.45) is 1.58. The first-order valence-electron chi connectivity index (χ1n) is 7.98. The summed E-state index contributed by atoms with van der Waals surface area (Å²) in [5.74, 6) is 0.124. The fourth-order valence-electron chi connectivity index (χ4n) is 2.46. The standard InChI is InChI=1S/C19H14N6O/c26-19(17-12-6-7-13-20-17)21-16-11-5-4-10-15(16)18-22-24-25(23-18)14-8-2-1-3-9-14/h1-13H,(H,21,26). The van der Waals surface area contributed by atoms with Crippen molar-refractivity contribution in [1.82, 2.24) is 25.2 Å². The minimum Gasteiger partial charge on any atom is -0.320 e. The lowest BCUT2D eigenvalue weighted by Gasteiger charge is -2.08. The zero-order valence-electron chi connectivity index (χ0n) is 13.6. The summed E-state index contributed by atoms with van der Waals surface area (Å²) >= 11 is 0. The Hall–Kier alpha value is -3.87. The second kappa shape index (κ2) is 6.94. The molecule has 26 heavy (non-hydrogen) atoms. The van der Waals surface area contributed by atoms with Crippen molar-refractivity contribution in [3.8, 4) is 17.1 Å². The van der Waals surface area contributed by atoms with Gasteiger partial charge in [0.05, 0.1) is 11.4 Å². The predicted molar refractivity (Wildman–Crippen MR) is 96.8 cm³/mol. The molecule has 0 spiro atoms. The van der Waals surface area contributed by atoms with E-state index in [2.05, 4.69) is 25.7 Å². The second-order valence-electron chi connectivity index (χ2n) is 5.45. The number of carbonyl (C=O) groups is 1. The van der Waals surface area contributed by atoms with E-state index in [0.29, 0.717) is 22.8 Å². The molecule has 7 heteroatoms. The Morgan fingerprint density at radius 3 is 2.46 bits per heavy atom. The summed E-state index contributed by atoms with van der Waals surface area (Å²) in [4.78, 5) is 17.9. The molecule has 1 N–H and O–H groups in total. The van der Waals surface area contributed by atoms with Crippen LogP contribution < -0.4 is 5.32 Å². The zero-order valence-corrected chi connectivity index (χ0v) is 13.6. The zero-order chi connectivity index (χ0) is 17.8.